The van der Waals surface area contributed by atoms with Crippen LogP contribution in [0, 0.1) is 6.92 Å². The molecule has 1 nitrogen and oxygen atoms in total. The molecule has 0 unspecified atom stereocenters. The first-order chi connectivity index (χ1) is 11.4. The van der Waals surface area contributed by atoms with E-state index in [1.54, 1.807) is 0 Å². The number of rotatable bonds is 4. The molecule has 0 N–H and O–H groups in total. The van der Waals surface area contributed by atoms with Gasteiger partial charge in [-0.2, -0.15) is 0 Å². The van der Waals surface area contributed by atoms with Crippen LogP contribution in [0.5, 0.6) is 0 Å². The minimum absolute atomic E-state index is 0.981. The van der Waals surface area contributed by atoms with Gasteiger partial charge in [-0.3, -0.25) is 4.98 Å². The highest BCUT2D eigenvalue weighted by Crippen LogP contribution is 2.21. The number of hydrogen-bond donors (Lipinski definition) is 0. The van der Waals surface area contributed by atoms with Gasteiger partial charge in [0.25, 0.3) is 0 Å². The topological polar surface area (TPSA) is 12.9 Å². The summed E-state index contributed by atoms with van der Waals surface area (Å²) < 4.78 is 0. The Bertz CT molecular complexity index is 832. The fourth-order valence-electron chi connectivity index (χ4n) is 3.10. The summed E-state index contributed by atoms with van der Waals surface area (Å²) in [5.41, 5.74) is 6.45. The van der Waals surface area contributed by atoms with Crippen molar-refractivity contribution in [2.24, 2.45) is 0 Å². The van der Waals surface area contributed by atoms with Crippen LogP contribution in [-0.2, 0) is 6.42 Å². The molecule has 0 radical (unpaired) electrons. The number of pyridine rings is 1. The lowest BCUT2D eigenvalue weighted by molar-refractivity contribution is 1.15. The van der Waals surface area contributed by atoms with Gasteiger partial charge >= 0.3 is 0 Å². The van der Waals surface area contributed by atoms with Crippen molar-refractivity contribution >= 4 is 13.3 Å². The Morgan fingerprint density at radius 3 is 2.17 bits per heavy atom. The van der Waals surface area contributed by atoms with Crippen molar-refractivity contribution in [3.05, 3.63) is 83.6 Å². The van der Waals surface area contributed by atoms with Gasteiger partial charge < -0.3 is 0 Å². The highest BCUT2D eigenvalue weighted by molar-refractivity contribution is 6.89. The molecule has 0 saturated heterocycles. The third kappa shape index (κ3) is 3.65. The van der Waals surface area contributed by atoms with Crippen LogP contribution in [0.2, 0.25) is 19.6 Å². The van der Waals surface area contributed by atoms with Crippen LogP contribution >= 0.6 is 0 Å². The fraction of sp³-hybridized carbons (Fsp3) is 0.227. The quantitative estimate of drug-likeness (QED) is 0.599. The van der Waals surface area contributed by atoms with E-state index >= 15 is 0 Å². The summed E-state index contributed by atoms with van der Waals surface area (Å²) in [6.45, 7) is 9.39. The van der Waals surface area contributed by atoms with E-state index in [-0.39, 0.29) is 0 Å². The minimum Gasteiger partial charge on any atom is -0.256 e. The Labute approximate surface area is 146 Å². The van der Waals surface area contributed by atoms with Gasteiger partial charge in [-0.25, -0.2) is 0 Å². The maximum atomic E-state index is 4.77. The van der Waals surface area contributed by atoms with E-state index in [0.717, 1.165) is 12.1 Å². The zero-order chi connectivity index (χ0) is 17.2. The van der Waals surface area contributed by atoms with Gasteiger partial charge in [0, 0.05) is 11.8 Å². The molecule has 3 aromatic rings. The summed E-state index contributed by atoms with van der Waals surface area (Å²) in [4.78, 5) is 4.77. The predicted molar refractivity (Wildman–Crippen MR) is 107 cm³/mol. The monoisotopic (exact) mass is 331 g/mol. The molecule has 0 atom stereocenters. The molecule has 2 aromatic carbocycles. The maximum absolute atomic E-state index is 4.77. The SMILES string of the molecule is Cc1ccccc1Cc1cc(-c2ccccc2)ncc1[Si](C)(C)C. The molecule has 1 aromatic heterocycles. The van der Waals surface area contributed by atoms with Crippen molar-refractivity contribution in [3.63, 3.8) is 0 Å². The molecule has 2 heteroatoms. The Hall–Kier alpha value is -2.19. The van der Waals surface area contributed by atoms with Gasteiger partial charge in [-0.05, 0) is 41.3 Å². The molecule has 0 amide bonds. The van der Waals surface area contributed by atoms with Crippen LogP contribution in [-0.4, -0.2) is 13.1 Å². The van der Waals surface area contributed by atoms with E-state index < -0.39 is 8.07 Å². The van der Waals surface area contributed by atoms with E-state index in [2.05, 4.69) is 87.4 Å². The van der Waals surface area contributed by atoms with E-state index in [4.69, 9.17) is 4.98 Å². The number of nitrogens with zero attached hydrogens (tertiary/aromatic N) is 1. The molecule has 3 rings (SSSR count). The third-order valence-electron chi connectivity index (χ3n) is 4.51. The zero-order valence-electron chi connectivity index (χ0n) is 15.0. The maximum Gasteiger partial charge on any atom is 0.0799 e. The first-order valence-corrected chi connectivity index (χ1v) is 12.0. The fourth-order valence-corrected chi connectivity index (χ4v) is 4.67. The summed E-state index contributed by atoms with van der Waals surface area (Å²) in [6, 6.07) is 21.4. The van der Waals surface area contributed by atoms with Gasteiger partial charge in [-0.15, -0.1) is 0 Å². The van der Waals surface area contributed by atoms with Gasteiger partial charge in [0.05, 0.1) is 13.8 Å². The lowest BCUT2D eigenvalue weighted by atomic mass is 10.00. The second-order valence-electron chi connectivity index (χ2n) is 7.45. The molecule has 0 bridgehead atoms. The molecule has 0 aliphatic heterocycles. The molecular weight excluding hydrogens is 306 g/mol. The highest BCUT2D eigenvalue weighted by atomic mass is 28.3. The number of aryl methyl sites for hydroxylation is 1. The predicted octanol–water partition coefficient (Wildman–Crippen LogP) is 5.19. The van der Waals surface area contributed by atoms with Crippen molar-refractivity contribution in [2.75, 3.05) is 0 Å². The summed E-state index contributed by atoms with van der Waals surface area (Å²) in [5, 5.41) is 1.46. The largest absolute Gasteiger partial charge is 0.256 e. The number of benzene rings is 2. The van der Waals surface area contributed by atoms with Gasteiger partial charge in [0.1, 0.15) is 0 Å². The Kier molecular flexibility index (Phi) is 4.68. The Morgan fingerprint density at radius 2 is 1.50 bits per heavy atom. The van der Waals surface area contributed by atoms with E-state index in [1.807, 2.05) is 6.07 Å². The lowest BCUT2D eigenvalue weighted by Gasteiger charge is -2.22. The molecule has 0 saturated carbocycles. The molecule has 1 heterocycles. The molecule has 0 aliphatic carbocycles. The number of aromatic nitrogens is 1. The van der Waals surface area contributed by atoms with Gasteiger partial charge in [-0.1, -0.05) is 74.2 Å². The van der Waals surface area contributed by atoms with Gasteiger partial charge in [0.2, 0.25) is 0 Å². The van der Waals surface area contributed by atoms with E-state index in [9.17, 15) is 0 Å². The smallest absolute Gasteiger partial charge is 0.0799 e. The van der Waals surface area contributed by atoms with Crippen molar-refractivity contribution in [2.45, 2.75) is 33.0 Å². The van der Waals surface area contributed by atoms with Crippen molar-refractivity contribution in [3.8, 4) is 11.3 Å². The molecule has 24 heavy (non-hydrogen) atoms. The summed E-state index contributed by atoms with van der Waals surface area (Å²) in [7, 11) is -1.44. The molecule has 0 aliphatic rings. The van der Waals surface area contributed by atoms with Crippen LogP contribution in [0.3, 0.4) is 0 Å². The first kappa shape index (κ1) is 16.7. The number of hydrogen-bond acceptors (Lipinski definition) is 1. The lowest BCUT2D eigenvalue weighted by Crippen LogP contribution is -2.40. The second-order valence-corrected chi connectivity index (χ2v) is 12.5. The minimum atomic E-state index is -1.44. The molecule has 0 fully saturated rings. The zero-order valence-corrected chi connectivity index (χ0v) is 16.0. The first-order valence-electron chi connectivity index (χ1n) is 8.54. The van der Waals surface area contributed by atoms with Crippen LogP contribution in [0.25, 0.3) is 11.3 Å². The average Bonchev–Trinajstić information content (AvgIpc) is 2.57. The van der Waals surface area contributed by atoms with Crippen LogP contribution in [0.1, 0.15) is 16.7 Å². The Morgan fingerprint density at radius 1 is 0.833 bits per heavy atom. The van der Waals surface area contributed by atoms with Crippen LogP contribution < -0.4 is 5.19 Å². The summed E-state index contributed by atoms with van der Waals surface area (Å²) >= 11 is 0. The highest BCUT2D eigenvalue weighted by Gasteiger charge is 2.21. The summed E-state index contributed by atoms with van der Waals surface area (Å²) in [6.07, 6.45) is 3.11. The second kappa shape index (κ2) is 6.74. The summed E-state index contributed by atoms with van der Waals surface area (Å²) in [5.74, 6) is 0. The molecule has 122 valence electrons. The Balaban J connectivity index is 2.08. The van der Waals surface area contributed by atoms with Crippen molar-refractivity contribution in [1.29, 1.82) is 0 Å². The van der Waals surface area contributed by atoms with E-state index in [0.29, 0.717) is 0 Å². The third-order valence-corrected chi connectivity index (χ3v) is 6.58. The van der Waals surface area contributed by atoms with Crippen molar-refractivity contribution in [1.82, 2.24) is 4.98 Å². The van der Waals surface area contributed by atoms with Crippen LogP contribution in [0.15, 0.2) is 66.9 Å². The standard InChI is InChI=1S/C22H25NSi/c1-17-10-8-9-13-19(17)14-20-15-21(18-11-6-5-7-12-18)23-16-22(20)24(2,3)4/h5-13,15-16H,14H2,1-4H3. The molecular formula is C22H25NSi. The average molecular weight is 332 g/mol. The normalized spacial score (nSPS) is 11.5. The van der Waals surface area contributed by atoms with Gasteiger partial charge in [0.15, 0.2) is 0 Å². The van der Waals surface area contributed by atoms with E-state index in [1.165, 1.54) is 27.4 Å². The van der Waals surface area contributed by atoms with Crippen molar-refractivity contribution < 1.29 is 0 Å². The van der Waals surface area contributed by atoms with Crippen LogP contribution in [0.4, 0.5) is 0 Å². The molecule has 0 spiro atoms.